The van der Waals surface area contributed by atoms with E-state index in [1.807, 2.05) is 50.2 Å². The van der Waals surface area contributed by atoms with Crippen LogP contribution in [-0.4, -0.2) is 5.90 Å². The largest absolute Gasteiger partial charge is 0.442 e. The molecule has 0 radical (unpaired) electrons. The van der Waals surface area contributed by atoms with E-state index in [0.717, 1.165) is 27.8 Å². The van der Waals surface area contributed by atoms with Crippen LogP contribution in [0.3, 0.4) is 0 Å². The van der Waals surface area contributed by atoms with Gasteiger partial charge in [0, 0.05) is 17.0 Å². The summed E-state index contributed by atoms with van der Waals surface area (Å²) in [5.74, 6) is 1.32. The SMILES string of the molecule is Cc1ccccc1N=C1Cc2c(ccc3c(C)cc(=O)oc23)O1. The maximum absolute atomic E-state index is 11.7. The number of aryl methyl sites for hydroxylation is 2. The fourth-order valence-corrected chi connectivity index (χ4v) is 2.88. The summed E-state index contributed by atoms with van der Waals surface area (Å²) < 4.78 is 11.3. The minimum atomic E-state index is -0.340. The second kappa shape index (κ2) is 5.09. The Bertz CT molecular complexity index is 1010. The highest BCUT2D eigenvalue weighted by Crippen LogP contribution is 2.34. The summed E-state index contributed by atoms with van der Waals surface area (Å²) >= 11 is 0. The zero-order chi connectivity index (χ0) is 16.0. The minimum Gasteiger partial charge on any atom is -0.442 e. The normalized spacial score (nSPS) is 15.0. The molecule has 114 valence electrons. The highest BCUT2D eigenvalue weighted by Gasteiger charge is 2.23. The van der Waals surface area contributed by atoms with Crippen LogP contribution in [0.1, 0.15) is 16.7 Å². The number of rotatable bonds is 1. The van der Waals surface area contributed by atoms with Crippen LogP contribution in [-0.2, 0) is 6.42 Å². The molecule has 0 unspecified atom stereocenters. The molecule has 0 spiro atoms. The molecule has 4 rings (SSSR count). The van der Waals surface area contributed by atoms with Crippen molar-refractivity contribution >= 4 is 22.6 Å². The van der Waals surface area contributed by atoms with Gasteiger partial charge in [-0.05, 0) is 43.2 Å². The van der Waals surface area contributed by atoms with Crippen LogP contribution in [0.15, 0.2) is 56.7 Å². The third-order valence-corrected chi connectivity index (χ3v) is 4.10. The fourth-order valence-electron chi connectivity index (χ4n) is 2.88. The average molecular weight is 305 g/mol. The van der Waals surface area contributed by atoms with Gasteiger partial charge in [-0.15, -0.1) is 0 Å². The first-order chi connectivity index (χ1) is 11.1. The van der Waals surface area contributed by atoms with Crippen molar-refractivity contribution in [2.45, 2.75) is 20.3 Å². The van der Waals surface area contributed by atoms with E-state index < -0.39 is 0 Å². The summed E-state index contributed by atoms with van der Waals surface area (Å²) in [6.07, 6.45) is 0.521. The molecule has 23 heavy (non-hydrogen) atoms. The molecule has 0 bridgehead atoms. The topological polar surface area (TPSA) is 51.8 Å². The molecule has 0 saturated heterocycles. The molecule has 0 aliphatic carbocycles. The number of nitrogens with zero attached hydrogens (tertiary/aromatic N) is 1. The van der Waals surface area contributed by atoms with E-state index in [2.05, 4.69) is 4.99 Å². The highest BCUT2D eigenvalue weighted by molar-refractivity contribution is 5.95. The average Bonchev–Trinajstić information content (AvgIpc) is 2.92. The monoisotopic (exact) mass is 305 g/mol. The van der Waals surface area contributed by atoms with Crippen LogP contribution in [0.2, 0.25) is 0 Å². The minimum absolute atomic E-state index is 0.340. The third-order valence-electron chi connectivity index (χ3n) is 4.10. The molecular formula is C19H15NO3. The van der Waals surface area contributed by atoms with Crippen molar-refractivity contribution in [3.8, 4) is 5.75 Å². The molecule has 0 N–H and O–H groups in total. The molecule has 0 amide bonds. The molecule has 0 fully saturated rings. The Morgan fingerprint density at radius 2 is 1.87 bits per heavy atom. The van der Waals surface area contributed by atoms with Gasteiger partial charge in [-0.3, -0.25) is 0 Å². The fraction of sp³-hybridized carbons (Fsp3) is 0.158. The van der Waals surface area contributed by atoms with Gasteiger partial charge in [0.1, 0.15) is 11.3 Å². The quantitative estimate of drug-likeness (QED) is 0.637. The Morgan fingerprint density at radius 1 is 1.04 bits per heavy atom. The van der Waals surface area contributed by atoms with Gasteiger partial charge in [0.15, 0.2) is 5.90 Å². The number of aliphatic imine (C=N–C) groups is 1. The molecule has 3 aromatic rings. The Kier molecular flexibility index (Phi) is 3.05. The van der Waals surface area contributed by atoms with Gasteiger partial charge < -0.3 is 9.15 Å². The zero-order valence-electron chi connectivity index (χ0n) is 12.9. The summed E-state index contributed by atoms with van der Waals surface area (Å²) in [7, 11) is 0. The Morgan fingerprint density at radius 3 is 2.70 bits per heavy atom. The first kappa shape index (κ1) is 13.8. The smallest absolute Gasteiger partial charge is 0.336 e. The van der Waals surface area contributed by atoms with Gasteiger partial charge in [-0.25, -0.2) is 9.79 Å². The Balaban J connectivity index is 1.83. The van der Waals surface area contributed by atoms with Crippen molar-refractivity contribution in [3.05, 3.63) is 69.6 Å². The van der Waals surface area contributed by atoms with Crippen LogP contribution >= 0.6 is 0 Å². The number of hydrogen-bond acceptors (Lipinski definition) is 4. The van der Waals surface area contributed by atoms with E-state index in [1.165, 1.54) is 6.07 Å². The van der Waals surface area contributed by atoms with E-state index in [-0.39, 0.29) is 5.63 Å². The van der Waals surface area contributed by atoms with Crippen LogP contribution in [0.5, 0.6) is 5.75 Å². The molecule has 0 atom stereocenters. The number of fused-ring (bicyclic) bond motifs is 3. The van der Waals surface area contributed by atoms with E-state index >= 15 is 0 Å². The predicted molar refractivity (Wildman–Crippen MR) is 89.8 cm³/mol. The van der Waals surface area contributed by atoms with Crippen molar-refractivity contribution in [2.75, 3.05) is 0 Å². The van der Waals surface area contributed by atoms with Crippen molar-refractivity contribution in [1.29, 1.82) is 0 Å². The van der Waals surface area contributed by atoms with Crippen LogP contribution in [0.4, 0.5) is 5.69 Å². The second-order valence-electron chi connectivity index (χ2n) is 5.74. The van der Waals surface area contributed by atoms with Gasteiger partial charge in [0.2, 0.25) is 0 Å². The standard InChI is InChI=1S/C19H15NO3/c1-11-5-3-4-6-15(11)20-17-10-14-16(22-17)8-7-13-12(2)9-18(21)23-19(13)14/h3-9H,10H2,1-2H3. The van der Waals surface area contributed by atoms with E-state index in [1.54, 1.807) is 0 Å². The summed E-state index contributed by atoms with van der Waals surface area (Å²) in [6, 6.07) is 13.2. The van der Waals surface area contributed by atoms with Gasteiger partial charge in [0.25, 0.3) is 0 Å². The molecule has 1 aromatic heterocycles. The van der Waals surface area contributed by atoms with Crippen molar-refractivity contribution in [3.63, 3.8) is 0 Å². The zero-order valence-corrected chi connectivity index (χ0v) is 12.9. The lowest BCUT2D eigenvalue weighted by molar-refractivity contribution is 0.550. The van der Waals surface area contributed by atoms with Gasteiger partial charge in [-0.1, -0.05) is 18.2 Å². The lowest BCUT2D eigenvalue weighted by atomic mass is 10.1. The first-order valence-corrected chi connectivity index (χ1v) is 7.49. The number of benzene rings is 2. The summed E-state index contributed by atoms with van der Waals surface area (Å²) in [4.78, 5) is 16.3. The Hall–Kier alpha value is -2.88. The van der Waals surface area contributed by atoms with Crippen molar-refractivity contribution in [2.24, 2.45) is 4.99 Å². The van der Waals surface area contributed by atoms with Crippen LogP contribution in [0, 0.1) is 13.8 Å². The summed E-state index contributed by atoms with van der Waals surface area (Å²) in [5.41, 5.74) is 4.03. The number of para-hydroxylation sites is 1. The van der Waals surface area contributed by atoms with Crippen molar-refractivity contribution < 1.29 is 9.15 Å². The lowest BCUT2D eigenvalue weighted by Crippen LogP contribution is -2.02. The van der Waals surface area contributed by atoms with E-state index in [4.69, 9.17) is 9.15 Å². The van der Waals surface area contributed by atoms with Gasteiger partial charge in [-0.2, -0.15) is 0 Å². The lowest BCUT2D eigenvalue weighted by Gasteiger charge is -2.03. The summed E-state index contributed by atoms with van der Waals surface area (Å²) in [5, 5.41) is 0.934. The third kappa shape index (κ3) is 2.32. The molecule has 1 aliphatic heterocycles. The predicted octanol–water partition coefficient (Wildman–Crippen LogP) is 4.07. The van der Waals surface area contributed by atoms with Crippen LogP contribution in [0.25, 0.3) is 11.0 Å². The molecule has 4 heteroatoms. The van der Waals surface area contributed by atoms with Crippen LogP contribution < -0.4 is 10.4 Å². The van der Waals surface area contributed by atoms with E-state index in [0.29, 0.717) is 23.7 Å². The maximum atomic E-state index is 11.7. The molecule has 2 aromatic carbocycles. The van der Waals surface area contributed by atoms with E-state index in [9.17, 15) is 4.79 Å². The number of hydrogen-bond donors (Lipinski definition) is 0. The first-order valence-electron chi connectivity index (χ1n) is 7.49. The molecular weight excluding hydrogens is 290 g/mol. The van der Waals surface area contributed by atoms with Crippen molar-refractivity contribution in [1.82, 2.24) is 0 Å². The number of ether oxygens (including phenoxy) is 1. The summed E-state index contributed by atoms with van der Waals surface area (Å²) in [6.45, 7) is 3.92. The Labute approximate surface area is 133 Å². The van der Waals surface area contributed by atoms with Gasteiger partial charge >= 0.3 is 5.63 Å². The maximum Gasteiger partial charge on any atom is 0.336 e. The van der Waals surface area contributed by atoms with Gasteiger partial charge in [0.05, 0.1) is 12.1 Å². The molecule has 0 saturated carbocycles. The molecule has 2 heterocycles. The highest BCUT2D eigenvalue weighted by atomic mass is 16.5. The molecule has 1 aliphatic rings. The molecule has 4 nitrogen and oxygen atoms in total. The second-order valence-corrected chi connectivity index (χ2v) is 5.74.